The Hall–Kier alpha value is -2.11. The summed E-state index contributed by atoms with van der Waals surface area (Å²) in [5.74, 6) is -3.12. The van der Waals surface area contributed by atoms with Crippen LogP contribution in [0.4, 0.5) is 13.6 Å². The van der Waals surface area contributed by atoms with E-state index in [1.54, 1.807) is 24.4 Å². The van der Waals surface area contributed by atoms with Crippen molar-refractivity contribution in [3.63, 3.8) is 0 Å². The molecule has 0 radical (unpaired) electrons. The van der Waals surface area contributed by atoms with Gasteiger partial charge in [-0.3, -0.25) is 0 Å². The summed E-state index contributed by atoms with van der Waals surface area (Å²) >= 11 is 0. The minimum atomic E-state index is -3.12. The number of fused-ring (bicyclic) bond motifs is 1. The summed E-state index contributed by atoms with van der Waals surface area (Å²) in [5, 5.41) is 3.09. The number of benzene rings is 1. The number of carbonyl (C=O) groups is 1. The van der Waals surface area contributed by atoms with Crippen molar-refractivity contribution in [1.29, 1.82) is 0 Å². The lowest BCUT2D eigenvalue weighted by Gasteiger charge is -2.31. The van der Waals surface area contributed by atoms with Crippen molar-refractivity contribution in [2.75, 3.05) is 6.61 Å². The number of cyclic esters (lactones) is 1. The van der Waals surface area contributed by atoms with Gasteiger partial charge >= 0.3 is 12.0 Å². The highest BCUT2D eigenvalue weighted by Crippen LogP contribution is 2.35. The van der Waals surface area contributed by atoms with Gasteiger partial charge in [-0.05, 0) is 23.1 Å². The van der Waals surface area contributed by atoms with Crippen LogP contribution in [0.15, 0.2) is 30.5 Å². The van der Waals surface area contributed by atoms with Crippen LogP contribution in [0.3, 0.4) is 0 Å². The van der Waals surface area contributed by atoms with Crippen molar-refractivity contribution in [2.45, 2.75) is 12.0 Å². The molecule has 0 bridgehead atoms. The Morgan fingerprint density at radius 3 is 3.00 bits per heavy atom. The van der Waals surface area contributed by atoms with Gasteiger partial charge in [0.1, 0.15) is 6.04 Å². The van der Waals surface area contributed by atoms with Crippen molar-refractivity contribution >= 4 is 17.0 Å². The molecule has 1 atom stereocenters. The highest BCUT2D eigenvalue weighted by Gasteiger charge is 2.46. The molecule has 0 saturated carbocycles. The van der Waals surface area contributed by atoms with Crippen LogP contribution in [0.1, 0.15) is 11.6 Å². The summed E-state index contributed by atoms with van der Waals surface area (Å²) in [6.45, 7) is -0.897. The fraction of sp³-hybridized carbons (Fsp3) is 0.250. The minimum absolute atomic E-state index is 0.353. The average molecular weight is 252 g/mol. The maximum absolute atomic E-state index is 13.7. The molecule has 1 aliphatic rings. The maximum Gasteiger partial charge on any atom is 0.408 e. The van der Waals surface area contributed by atoms with Crippen LogP contribution in [0.5, 0.6) is 0 Å². The molecule has 3 rings (SSSR count). The van der Waals surface area contributed by atoms with E-state index in [0.717, 1.165) is 10.9 Å². The molecule has 1 aromatic heterocycles. The summed E-state index contributed by atoms with van der Waals surface area (Å²) in [6, 6.07) is 5.42. The van der Waals surface area contributed by atoms with Gasteiger partial charge in [0, 0.05) is 11.7 Å². The van der Waals surface area contributed by atoms with Crippen molar-refractivity contribution in [3.8, 4) is 0 Å². The van der Waals surface area contributed by atoms with E-state index >= 15 is 0 Å². The number of alkyl carbamates (subject to hydrolysis) is 1. The summed E-state index contributed by atoms with van der Waals surface area (Å²) < 4.78 is 31.7. The smallest absolute Gasteiger partial charge is 0.408 e. The number of ether oxygens (including phenoxy) is 1. The average Bonchev–Trinajstić information content (AvgIpc) is 2.79. The van der Waals surface area contributed by atoms with Crippen LogP contribution in [-0.2, 0) is 4.74 Å². The summed E-state index contributed by atoms with van der Waals surface area (Å²) in [6.07, 6.45) is 0.910. The van der Waals surface area contributed by atoms with E-state index in [2.05, 4.69) is 15.0 Å². The number of halogens is 2. The second kappa shape index (κ2) is 3.69. The predicted octanol–water partition coefficient (Wildman–Crippen LogP) is 2.58. The molecule has 18 heavy (non-hydrogen) atoms. The van der Waals surface area contributed by atoms with Gasteiger partial charge in [0.25, 0.3) is 0 Å². The van der Waals surface area contributed by atoms with Gasteiger partial charge in [-0.25, -0.2) is 13.6 Å². The lowest BCUT2D eigenvalue weighted by atomic mass is 9.99. The molecule has 6 heteroatoms. The monoisotopic (exact) mass is 252 g/mol. The SMILES string of the molecule is O=C1N[C@@H](c2ccc3cc[nH]c3c2)C(F)(F)CO1. The zero-order valence-electron chi connectivity index (χ0n) is 9.24. The molecule has 1 amide bonds. The van der Waals surface area contributed by atoms with Crippen LogP contribution >= 0.6 is 0 Å². The molecule has 1 fully saturated rings. The Morgan fingerprint density at radius 1 is 1.33 bits per heavy atom. The lowest BCUT2D eigenvalue weighted by molar-refractivity contribution is -0.104. The molecular formula is C12H10F2N2O2. The van der Waals surface area contributed by atoms with Crippen molar-refractivity contribution < 1.29 is 18.3 Å². The number of carbonyl (C=O) groups excluding carboxylic acids is 1. The molecule has 0 aliphatic carbocycles. The van der Waals surface area contributed by atoms with Gasteiger partial charge in [0.2, 0.25) is 0 Å². The van der Waals surface area contributed by atoms with E-state index in [1.807, 2.05) is 6.07 Å². The fourth-order valence-corrected chi connectivity index (χ4v) is 2.08. The zero-order valence-corrected chi connectivity index (χ0v) is 9.24. The van der Waals surface area contributed by atoms with Crippen LogP contribution in [0.2, 0.25) is 0 Å². The normalized spacial score (nSPS) is 22.6. The number of rotatable bonds is 1. The van der Waals surface area contributed by atoms with E-state index in [-0.39, 0.29) is 0 Å². The Balaban J connectivity index is 2.03. The lowest BCUT2D eigenvalue weighted by Crippen LogP contribution is -2.49. The molecule has 2 heterocycles. The number of amides is 1. The largest absolute Gasteiger partial charge is 0.443 e. The first-order valence-corrected chi connectivity index (χ1v) is 5.44. The number of aromatic amines is 1. The first-order chi connectivity index (χ1) is 8.56. The third kappa shape index (κ3) is 1.70. The van der Waals surface area contributed by atoms with Crippen LogP contribution in [0, 0.1) is 0 Å². The van der Waals surface area contributed by atoms with E-state index < -0.39 is 24.7 Å². The third-order valence-corrected chi connectivity index (χ3v) is 2.99. The van der Waals surface area contributed by atoms with Crippen LogP contribution in [-0.4, -0.2) is 23.6 Å². The number of hydrogen-bond donors (Lipinski definition) is 2. The minimum Gasteiger partial charge on any atom is -0.443 e. The second-order valence-electron chi connectivity index (χ2n) is 4.24. The van der Waals surface area contributed by atoms with Crippen molar-refractivity contribution in [2.24, 2.45) is 0 Å². The van der Waals surface area contributed by atoms with Crippen LogP contribution < -0.4 is 5.32 Å². The quantitative estimate of drug-likeness (QED) is 0.819. The van der Waals surface area contributed by atoms with Gasteiger partial charge < -0.3 is 15.0 Å². The highest BCUT2D eigenvalue weighted by molar-refractivity contribution is 5.80. The predicted molar refractivity (Wildman–Crippen MR) is 60.5 cm³/mol. The number of aromatic nitrogens is 1. The molecule has 1 saturated heterocycles. The molecule has 1 aliphatic heterocycles. The summed E-state index contributed by atoms with van der Waals surface area (Å²) in [5.41, 5.74) is 1.11. The van der Waals surface area contributed by atoms with E-state index in [9.17, 15) is 13.6 Å². The fourth-order valence-electron chi connectivity index (χ4n) is 2.08. The Morgan fingerprint density at radius 2 is 2.17 bits per heavy atom. The Kier molecular flexibility index (Phi) is 2.26. The van der Waals surface area contributed by atoms with E-state index in [0.29, 0.717) is 5.56 Å². The maximum atomic E-state index is 13.7. The first kappa shape index (κ1) is 11.0. The topological polar surface area (TPSA) is 54.1 Å². The van der Waals surface area contributed by atoms with Crippen molar-refractivity contribution in [3.05, 3.63) is 36.0 Å². The van der Waals surface area contributed by atoms with Crippen molar-refractivity contribution in [1.82, 2.24) is 10.3 Å². The highest BCUT2D eigenvalue weighted by atomic mass is 19.3. The third-order valence-electron chi connectivity index (χ3n) is 2.99. The molecule has 4 nitrogen and oxygen atoms in total. The number of hydrogen-bond acceptors (Lipinski definition) is 2. The van der Waals surface area contributed by atoms with E-state index in [1.165, 1.54) is 0 Å². The van der Waals surface area contributed by atoms with Gasteiger partial charge in [-0.1, -0.05) is 12.1 Å². The second-order valence-corrected chi connectivity index (χ2v) is 4.24. The van der Waals surface area contributed by atoms with Gasteiger partial charge in [-0.2, -0.15) is 0 Å². The standard InChI is InChI=1S/C12H10F2N2O2/c13-12(14)6-18-11(17)16-10(12)8-2-1-7-3-4-15-9(7)5-8/h1-5,10,15H,6H2,(H,16,17)/t10-/m0/s1. The molecule has 94 valence electrons. The number of alkyl halides is 2. The van der Waals surface area contributed by atoms with Gasteiger partial charge in [0.15, 0.2) is 6.61 Å². The van der Waals surface area contributed by atoms with Gasteiger partial charge in [0.05, 0.1) is 0 Å². The Labute approximate surface area is 101 Å². The molecule has 2 N–H and O–H groups in total. The number of H-pyrrole nitrogens is 1. The summed E-state index contributed by atoms with van der Waals surface area (Å²) in [7, 11) is 0. The molecular weight excluding hydrogens is 242 g/mol. The van der Waals surface area contributed by atoms with E-state index in [4.69, 9.17) is 0 Å². The first-order valence-electron chi connectivity index (χ1n) is 5.44. The van der Waals surface area contributed by atoms with Crippen LogP contribution in [0.25, 0.3) is 10.9 Å². The zero-order chi connectivity index (χ0) is 12.8. The molecule has 0 spiro atoms. The molecule has 1 aromatic carbocycles. The molecule has 0 unspecified atom stereocenters. The Bertz CT molecular complexity index is 609. The number of nitrogens with one attached hydrogen (secondary N) is 2. The van der Waals surface area contributed by atoms with Gasteiger partial charge in [-0.15, -0.1) is 0 Å². The summed E-state index contributed by atoms with van der Waals surface area (Å²) in [4.78, 5) is 14.0. The molecule has 2 aromatic rings.